The number of phenolic OH excluding ortho intramolecular Hbond substituents is 1. The van der Waals surface area contributed by atoms with Crippen molar-refractivity contribution < 1.29 is 19.6 Å². The Hall–Kier alpha value is -2.02. The summed E-state index contributed by atoms with van der Waals surface area (Å²) in [7, 11) is 1.35. The quantitative estimate of drug-likeness (QED) is 0.653. The van der Waals surface area contributed by atoms with E-state index in [9.17, 15) is 20.0 Å². The van der Waals surface area contributed by atoms with E-state index >= 15 is 0 Å². The molecule has 0 saturated carbocycles. The first kappa shape index (κ1) is 14.4. The summed E-state index contributed by atoms with van der Waals surface area (Å²) in [6, 6.07) is 1.11. The summed E-state index contributed by atoms with van der Waals surface area (Å²) in [6.45, 7) is 0. The van der Waals surface area contributed by atoms with E-state index in [1.807, 2.05) is 0 Å². The van der Waals surface area contributed by atoms with Crippen LogP contribution >= 0.6 is 11.6 Å². The second kappa shape index (κ2) is 5.54. The fraction of sp³-hybridized carbons (Fsp3) is 0.417. The molecule has 1 fully saturated rings. The van der Waals surface area contributed by atoms with Gasteiger partial charge in [0.25, 0.3) is 0 Å². The van der Waals surface area contributed by atoms with Gasteiger partial charge < -0.3 is 15.2 Å². The van der Waals surface area contributed by atoms with Crippen molar-refractivity contribution in [3.8, 4) is 11.5 Å². The molecule has 108 valence electrons. The van der Waals surface area contributed by atoms with Crippen LogP contribution in [0, 0.1) is 10.1 Å². The van der Waals surface area contributed by atoms with Gasteiger partial charge in [0.1, 0.15) is 6.04 Å². The highest BCUT2D eigenvalue weighted by atomic mass is 35.5. The van der Waals surface area contributed by atoms with Crippen LogP contribution in [0.2, 0.25) is 5.02 Å². The van der Waals surface area contributed by atoms with Crippen molar-refractivity contribution in [1.82, 2.24) is 5.32 Å². The van der Waals surface area contributed by atoms with Gasteiger partial charge in [-0.2, -0.15) is 0 Å². The smallest absolute Gasteiger partial charge is 0.237 e. The normalized spacial score (nSPS) is 22.2. The second-order valence-corrected chi connectivity index (χ2v) is 4.90. The van der Waals surface area contributed by atoms with Gasteiger partial charge in [-0.05, 0) is 17.7 Å². The summed E-state index contributed by atoms with van der Waals surface area (Å²) in [5.74, 6) is -0.386. The van der Waals surface area contributed by atoms with Crippen molar-refractivity contribution in [2.75, 3.05) is 7.11 Å². The molecular weight excluding hydrogens is 288 g/mol. The molecule has 7 nitrogen and oxygen atoms in total. The zero-order chi connectivity index (χ0) is 14.9. The van der Waals surface area contributed by atoms with Crippen molar-refractivity contribution in [2.24, 2.45) is 0 Å². The second-order valence-electron chi connectivity index (χ2n) is 4.49. The molecular formula is C12H13ClN2O5. The molecule has 0 spiro atoms. The largest absolute Gasteiger partial charge is 0.503 e. The Morgan fingerprint density at radius 3 is 2.85 bits per heavy atom. The Kier molecular flexibility index (Phi) is 3.99. The number of piperidine rings is 1. The highest BCUT2D eigenvalue weighted by Gasteiger charge is 2.38. The highest BCUT2D eigenvalue weighted by molar-refractivity contribution is 6.32. The lowest BCUT2D eigenvalue weighted by Crippen LogP contribution is -2.45. The SMILES string of the molecule is COc1cc(C2NC(=O)CCC2[N+](=O)[O-])cc(Cl)c1O. The minimum absolute atomic E-state index is 0.0151. The number of amides is 1. The average Bonchev–Trinajstić information content (AvgIpc) is 2.41. The van der Waals surface area contributed by atoms with E-state index in [1.54, 1.807) is 0 Å². The Morgan fingerprint density at radius 2 is 2.25 bits per heavy atom. The first-order valence-electron chi connectivity index (χ1n) is 5.93. The maximum absolute atomic E-state index is 11.5. The predicted molar refractivity (Wildman–Crippen MR) is 70.6 cm³/mol. The van der Waals surface area contributed by atoms with E-state index < -0.39 is 17.0 Å². The molecule has 2 atom stereocenters. The number of nitro groups is 1. The van der Waals surface area contributed by atoms with Gasteiger partial charge in [-0.25, -0.2) is 0 Å². The molecule has 2 N–H and O–H groups in total. The van der Waals surface area contributed by atoms with Crippen molar-refractivity contribution >= 4 is 17.5 Å². The number of hydrogen-bond donors (Lipinski definition) is 2. The molecule has 0 radical (unpaired) electrons. The van der Waals surface area contributed by atoms with E-state index in [-0.39, 0.29) is 35.3 Å². The molecule has 1 aliphatic rings. The predicted octanol–water partition coefficient (Wildman–Crippen LogP) is 1.65. The van der Waals surface area contributed by atoms with Crippen molar-refractivity contribution in [3.63, 3.8) is 0 Å². The maximum atomic E-state index is 11.5. The Labute approximate surface area is 119 Å². The molecule has 2 unspecified atom stereocenters. The van der Waals surface area contributed by atoms with E-state index in [0.717, 1.165) is 0 Å². The molecule has 1 amide bonds. The molecule has 1 aromatic rings. The molecule has 8 heteroatoms. The molecule has 0 aromatic heterocycles. The summed E-state index contributed by atoms with van der Waals surface area (Å²) in [5.41, 5.74) is 0.430. The highest BCUT2D eigenvalue weighted by Crippen LogP contribution is 2.38. The van der Waals surface area contributed by atoms with Crippen molar-refractivity contribution in [2.45, 2.75) is 24.9 Å². The van der Waals surface area contributed by atoms with Gasteiger partial charge in [0.2, 0.25) is 11.9 Å². The molecule has 2 rings (SSSR count). The van der Waals surface area contributed by atoms with Crippen LogP contribution in [0.1, 0.15) is 24.4 Å². The monoisotopic (exact) mass is 300 g/mol. The van der Waals surface area contributed by atoms with Crippen LogP contribution in [0.5, 0.6) is 11.5 Å². The van der Waals surface area contributed by atoms with Gasteiger partial charge in [0, 0.05) is 17.8 Å². The molecule has 0 bridgehead atoms. The standard InChI is InChI=1S/C12H13ClN2O5/c1-20-9-5-6(4-7(13)12(9)17)11-8(15(18)19)2-3-10(16)14-11/h4-5,8,11,17H,2-3H2,1H3,(H,14,16). The maximum Gasteiger partial charge on any atom is 0.237 e. The molecule has 1 aromatic carbocycles. The fourth-order valence-corrected chi connectivity index (χ4v) is 2.47. The molecule has 1 heterocycles. The lowest BCUT2D eigenvalue weighted by atomic mass is 9.92. The first-order valence-corrected chi connectivity index (χ1v) is 6.31. The van der Waals surface area contributed by atoms with Gasteiger partial charge in [0.05, 0.1) is 12.1 Å². The zero-order valence-corrected chi connectivity index (χ0v) is 11.4. The van der Waals surface area contributed by atoms with Crippen molar-refractivity contribution in [3.05, 3.63) is 32.8 Å². The topological polar surface area (TPSA) is 102 Å². The Morgan fingerprint density at radius 1 is 1.55 bits per heavy atom. The summed E-state index contributed by atoms with van der Waals surface area (Å²) in [4.78, 5) is 22.1. The number of halogens is 1. The molecule has 0 aliphatic carbocycles. The summed E-state index contributed by atoms with van der Waals surface area (Å²) < 4.78 is 4.96. The molecule has 1 saturated heterocycles. The van der Waals surface area contributed by atoms with Crippen LogP contribution in [-0.2, 0) is 4.79 Å². The lowest BCUT2D eigenvalue weighted by Gasteiger charge is -2.27. The number of aromatic hydroxyl groups is 1. The number of benzene rings is 1. The van der Waals surface area contributed by atoms with Crippen LogP contribution in [0.15, 0.2) is 12.1 Å². The number of carbonyl (C=O) groups is 1. The first-order chi connectivity index (χ1) is 9.43. The van der Waals surface area contributed by atoms with Crippen LogP contribution in [0.3, 0.4) is 0 Å². The number of carbonyl (C=O) groups excluding carboxylic acids is 1. The Bertz CT molecular complexity index is 563. The van der Waals surface area contributed by atoms with Gasteiger partial charge >= 0.3 is 0 Å². The summed E-state index contributed by atoms with van der Waals surface area (Å²) >= 11 is 5.87. The van der Waals surface area contributed by atoms with E-state index in [0.29, 0.717) is 5.56 Å². The fourth-order valence-electron chi connectivity index (χ4n) is 2.25. The molecule has 20 heavy (non-hydrogen) atoms. The van der Waals surface area contributed by atoms with Gasteiger partial charge in [-0.3, -0.25) is 14.9 Å². The lowest BCUT2D eigenvalue weighted by molar-refractivity contribution is -0.529. The van der Waals surface area contributed by atoms with Crippen LogP contribution < -0.4 is 10.1 Å². The number of nitrogens with one attached hydrogen (secondary N) is 1. The van der Waals surface area contributed by atoms with E-state index in [1.165, 1.54) is 19.2 Å². The Balaban J connectivity index is 2.43. The minimum Gasteiger partial charge on any atom is -0.503 e. The number of nitrogens with zero attached hydrogens (tertiary/aromatic N) is 1. The number of rotatable bonds is 3. The van der Waals surface area contributed by atoms with E-state index in [2.05, 4.69) is 5.32 Å². The van der Waals surface area contributed by atoms with Crippen LogP contribution in [0.25, 0.3) is 0 Å². The minimum atomic E-state index is -0.932. The average molecular weight is 301 g/mol. The zero-order valence-electron chi connectivity index (χ0n) is 10.6. The van der Waals surface area contributed by atoms with Crippen molar-refractivity contribution in [1.29, 1.82) is 0 Å². The summed E-state index contributed by atoms with van der Waals surface area (Å²) in [5, 5.41) is 23.4. The third-order valence-electron chi connectivity index (χ3n) is 3.27. The number of ether oxygens (including phenoxy) is 1. The molecule has 1 aliphatic heterocycles. The van der Waals surface area contributed by atoms with Gasteiger partial charge in [-0.15, -0.1) is 0 Å². The van der Waals surface area contributed by atoms with Gasteiger partial charge in [0.15, 0.2) is 11.5 Å². The van der Waals surface area contributed by atoms with E-state index in [4.69, 9.17) is 16.3 Å². The van der Waals surface area contributed by atoms with Gasteiger partial charge in [-0.1, -0.05) is 11.6 Å². The van der Waals surface area contributed by atoms with Crippen LogP contribution in [0.4, 0.5) is 0 Å². The number of phenols is 1. The third-order valence-corrected chi connectivity index (χ3v) is 3.56. The third kappa shape index (κ3) is 2.62. The number of hydrogen-bond acceptors (Lipinski definition) is 5. The number of methoxy groups -OCH3 is 1. The summed E-state index contributed by atoms with van der Waals surface area (Å²) in [6.07, 6.45) is 0.273. The van der Waals surface area contributed by atoms with Crippen LogP contribution in [-0.4, -0.2) is 29.1 Å².